The van der Waals surface area contributed by atoms with Crippen LogP contribution in [0.5, 0.6) is 0 Å². The molecule has 0 radical (unpaired) electrons. The molecule has 1 N–H and O–H groups in total. The van der Waals surface area contributed by atoms with Gasteiger partial charge in [0, 0.05) is 12.1 Å². The van der Waals surface area contributed by atoms with Crippen LogP contribution in [0.1, 0.15) is 6.92 Å². The lowest BCUT2D eigenvalue weighted by atomic mass is 10.3. The average Bonchev–Trinajstić information content (AvgIpc) is 2.87. The maximum Gasteiger partial charge on any atom is 0.269 e. The monoisotopic (exact) mass is 258 g/mol. The summed E-state index contributed by atoms with van der Waals surface area (Å²) in [5.74, 6) is 0. The number of hydrogen-bond acceptors (Lipinski definition) is 5. The first kappa shape index (κ1) is 12.0. The van der Waals surface area contributed by atoms with E-state index < -0.39 is 27.2 Å². The fourth-order valence-electron chi connectivity index (χ4n) is 1.53. The summed E-state index contributed by atoms with van der Waals surface area (Å²) >= 11 is 0. The maximum absolute atomic E-state index is 11.9. The molecular weight excluding hydrogens is 248 g/mol. The summed E-state index contributed by atoms with van der Waals surface area (Å²) in [5.41, 5.74) is -0.177. The Morgan fingerprint density at radius 1 is 1.35 bits per heavy atom. The fraction of sp³-hybridized carbons (Fsp3) is 0.333. The highest BCUT2D eigenvalue weighted by Gasteiger charge is 2.51. The smallest absolute Gasteiger partial charge is 0.269 e. The Bertz CT molecular complexity index is 545. The van der Waals surface area contributed by atoms with E-state index in [1.807, 2.05) is 0 Å². The summed E-state index contributed by atoms with van der Waals surface area (Å²) < 4.78 is 24.7. The van der Waals surface area contributed by atoms with Gasteiger partial charge in [0.15, 0.2) is 0 Å². The van der Waals surface area contributed by atoms with Crippen molar-refractivity contribution >= 4 is 15.7 Å². The van der Waals surface area contributed by atoms with Crippen molar-refractivity contribution < 1.29 is 18.4 Å². The van der Waals surface area contributed by atoms with E-state index >= 15 is 0 Å². The average molecular weight is 258 g/mol. The van der Waals surface area contributed by atoms with Gasteiger partial charge in [0.1, 0.15) is 6.23 Å². The predicted molar refractivity (Wildman–Crippen MR) is 57.6 cm³/mol. The number of nitro groups is 1. The van der Waals surface area contributed by atoms with Crippen molar-refractivity contribution in [2.24, 2.45) is 0 Å². The molecule has 1 aromatic rings. The second kappa shape index (κ2) is 3.76. The molecule has 2 rings (SSSR count). The summed E-state index contributed by atoms with van der Waals surface area (Å²) in [7, 11) is -3.75. The van der Waals surface area contributed by atoms with E-state index in [1.165, 1.54) is 0 Å². The highest BCUT2D eigenvalue weighted by Crippen LogP contribution is 2.33. The first-order valence-corrected chi connectivity index (χ1v) is 6.26. The first-order chi connectivity index (χ1) is 7.85. The third kappa shape index (κ3) is 1.90. The molecule has 0 saturated carbocycles. The molecule has 0 amide bonds. The molecule has 0 spiro atoms. The van der Waals surface area contributed by atoms with Crippen LogP contribution in [0.2, 0.25) is 0 Å². The standard InChI is InChI=1S/C9H10N2O5S/c1-6-9(12)10(6)17(15,16)8-4-2-7(3-5-8)11(13)14/h2-6,9,12H,1H3/t6-,9-,10?/m1/s1. The number of benzene rings is 1. The van der Waals surface area contributed by atoms with Gasteiger partial charge in [-0.15, -0.1) is 0 Å². The quantitative estimate of drug-likeness (QED) is 0.477. The van der Waals surface area contributed by atoms with Gasteiger partial charge in [-0.3, -0.25) is 10.1 Å². The van der Waals surface area contributed by atoms with E-state index in [9.17, 15) is 23.6 Å². The van der Waals surface area contributed by atoms with Crippen molar-refractivity contribution in [1.82, 2.24) is 4.31 Å². The highest BCUT2D eigenvalue weighted by molar-refractivity contribution is 7.89. The number of rotatable bonds is 3. The maximum atomic E-state index is 11.9. The zero-order valence-corrected chi connectivity index (χ0v) is 9.66. The third-order valence-corrected chi connectivity index (χ3v) is 4.60. The topological polar surface area (TPSA) is 101 Å². The summed E-state index contributed by atoms with van der Waals surface area (Å²) in [6.45, 7) is 1.58. The Morgan fingerprint density at radius 2 is 1.82 bits per heavy atom. The van der Waals surface area contributed by atoms with E-state index in [2.05, 4.69) is 0 Å². The van der Waals surface area contributed by atoms with Crippen molar-refractivity contribution in [3.63, 3.8) is 0 Å². The summed E-state index contributed by atoms with van der Waals surface area (Å²) in [6.07, 6.45) is -1.00. The minimum absolute atomic E-state index is 0.0634. The van der Waals surface area contributed by atoms with Gasteiger partial charge < -0.3 is 5.11 Å². The molecule has 1 unspecified atom stereocenters. The molecule has 17 heavy (non-hydrogen) atoms. The van der Waals surface area contributed by atoms with E-state index in [-0.39, 0.29) is 10.6 Å². The van der Waals surface area contributed by atoms with E-state index in [1.54, 1.807) is 6.92 Å². The second-order valence-electron chi connectivity index (χ2n) is 3.74. The SMILES string of the molecule is C[C@@H]1[C@@H](O)N1S(=O)(=O)c1ccc([N+](=O)[O-])cc1. The van der Waals surface area contributed by atoms with Gasteiger partial charge in [0.2, 0.25) is 10.0 Å². The number of sulfonamides is 1. The highest BCUT2D eigenvalue weighted by atomic mass is 32.2. The van der Waals surface area contributed by atoms with Crippen LogP contribution in [-0.4, -0.2) is 35.0 Å². The lowest BCUT2D eigenvalue weighted by Gasteiger charge is -2.04. The van der Waals surface area contributed by atoms with E-state index in [0.29, 0.717) is 0 Å². The zero-order chi connectivity index (χ0) is 12.8. The minimum Gasteiger partial charge on any atom is -0.376 e. The Hall–Kier alpha value is -1.51. The molecule has 1 fully saturated rings. The fourth-order valence-corrected chi connectivity index (χ4v) is 3.21. The van der Waals surface area contributed by atoms with Crippen LogP contribution in [0, 0.1) is 10.1 Å². The van der Waals surface area contributed by atoms with Gasteiger partial charge in [-0.2, -0.15) is 4.31 Å². The van der Waals surface area contributed by atoms with Crippen LogP contribution in [0.25, 0.3) is 0 Å². The Kier molecular flexibility index (Phi) is 2.64. The summed E-state index contributed by atoms with van der Waals surface area (Å²) in [6, 6.07) is 4.10. The van der Waals surface area contributed by atoms with E-state index in [4.69, 9.17) is 0 Å². The van der Waals surface area contributed by atoms with Crippen LogP contribution in [-0.2, 0) is 10.0 Å². The minimum atomic E-state index is -3.75. The van der Waals surface area contributed by atoms with Gasteiger partial charge in [-0.25, -0.2) is 8.42 Å². The molecule has 3 atom stereocenters. The Balaban J connectivity index is 2.32. The second-order valence-corrected chi connectivity index (χ2v) is 5.58. The number of aliphatic hydroxyl groups excluding tert-OH is 1. The molecule has 8 heteroatoms. The Morgan fingerprint density at radius 3 is 2.18 bits per heavy atom. The van der Waals surface area contributed by atoms with Gasteiger partial charge in [0.05, 0.1) is 15.9 Å². The van der Waals surface area contributed by atoms with Crippen LogP contribution in [0.4, 0.5) is 5.69 Å². The van der Waals surface area contributed by atoms with Crippen molar-refractivity contribution in [3.05, 3.63) is 34.4 Å². The van der Waals surface area contributed by atoms with Crippen LogP contribution in [0.15, 0.2) is 29.2 Å². The van der Waals surface area contributed by atoms with Crippen LogP contribution >= 0.6 is 0 Å². The molecule has 7 nitrogen and oxygen atoms in total. The normalized spacial score (nSPS) is 27.8. The van der Waals surface area contributed by atoms with Gasteiger partial charge in [-0.1, -0.05) is 0 Å². The van der Waals surface area contributed by atoms with Crippen LogP contribution in [0.3, 0.4) is 0 Å². The van der Waals surface area contributed by atoms with Crippen molar-refractivity contribution in [1.29, 1.82) is 0 Å². The Labute approximate surface area is 97.5 Å². The largest absolute Gasteiger partial charge is 0.376 e. The van der Waals surface area contributed by atoms with Crippen molar-refractivity contribution in [2.75, 3.05) is 0 Å². The van der Waals surface area contributed by atoms with Gasteiger partial charge in [-0.05, 0) is 19.1 Å². The molecular formula is C9H10N2O5S. The summed E-state index contributed by atoms with van der Waals surface area (Å²) in [4.78, 5) is 9.75. The van der Waals surface area contributed by atoms with Gasteiger partial charge >= 0.3 is 0 Å². The third-order valence-electron chi connectivity index (χ3n) is 2.63. The molecule has 1 aromatic carbocycles. The molecule has 0 aliphatic carbocycles. The number of hydrogen-bond donors (Lipinski definition) is 1. The summed E-state index contributed by atoms with van der Waals surface area (Å²) in [5, 5.41) is 19.7. The molecule has 0 aromatic heterocycles. The molecule has 1 saturated heterocycles. The molecule has 0 bridgehead atoms. The zero-order valence-electron chi connectivity index (χ0n) is 8.85. The lowest BCUT2D eigenvalue weighted by Crippen LogP contribution is -2.15. The number of nitrogens with zero attached hydrogens (tertiary/aromatic N) is 2. The number of aliphatic hydroxyl groups is 1. The van der Waals surface area contributed by atoms with E-state index in [0.717, 1.165) is 28.6 Å². The van der Waals surface area contributed by atoms with Gasteiger partial charge in [0.25, 0.3) is 5.69 Å². The molecule has 1 aliphatic rings. The molecule has 1 aliphatic heterocycles. The first-order valence-electron chi connectivity index (χ1n) is 4.82. The van der Waals surface area contributed by atoms with Crippen molar-refractivity contribution in [2.45, 2.75) is 24.1 Å². The number of non-ortho nitro benzene ring substituents is 1. The predicted octanol–water partition coefficient (Wildman–Crippen LogP) is 0.306. The lowest BCUT2D eigenvalue weighted by molar-refractivity contribution is -0.384. The van der Waals surface area contributed by atoms with Crippen molar-refractivity contribution in [3.8, 4) is 0 Å². The number of nitro benzene ring substituents is 1. The van der Waals surface area contributed by atoms with Crippen LogP contribution < -0.4 is 0 Å². The molecule has 1 heterocycles. The molecule has 92 valence electrons.